The molecule has 56 heavy (non-hydrogen) atoms. The second-order valence-corrected chi connectivity index (χ2v) is 15.7. The first-order valence-corrected chi connectivity index (χ1v) is 19.9. The molecule has 0 bridgehead atoms. The molecule has 4 fully saturated rings. The van der Waals surface area contributed by atoms with Crippen molar-refractivity contribution in [2.75, 3.05) is 49.1 Å². The molecule has 0 spiro atoms. The number of nitriles is 1. The van der Waals surface area contributed by atoms with Gasteiger partial charge in [0, 0.05) is 80.8 Å². The standard InChI is InChI=1S/C42H44ClN7O6/c43-36-24-33(9-3-27(36)25-44)56-32-10-4-28(5-11-32)45-39(52)26-1-6-29(7-2-26)48-19-21-49(22-20-48)30-15-17-47(18-16-30)31-8-12-34-35(23-31)42(55)50(41(34)54)37-13-14-38(51)46-40(37)53/h1-3,6-9,12,23-24,28,30,32,37H,4-5,10-11,13-22H2,(H,45,52)(H,46,51,53). The molecular formula is C42H44ClN7O6. The number of anilines is 2. The van der Waals surface area contributed by atoms with Crippen LogP contribution in [0.3, 0.4) is 0 Å². The topological polar surface area (TPSA) is 155 Å². The smallest absolute Gasteiger partial charge is 0.262 e. The Morgan fingerprint density at radius 2 is 1.45 bits per heavy atom. The van der Waals surface area contributed by atoms with Crippen molar-refractivity contribution in [1.29, 1.82) is 5.26 Å². The predicted octanol–water partition coefficient (Wildman–Crippen LogP) is 4.52. The van der Waals surface area contributed by atoms with Gasteiger partial charge in [-0.1, -0.05) is 11.6 Å². The number of hydrogen-bond acceptors (Lipinski definition) is 10. The zero-order valence-electron chi connectivity index (χ0n) is 31.0. The number of piperidine rings is 2. The number of carbonyl (C=O) groups is 5. The van der Waals surface area contributed by atoms with Crippen LogP contribution in [0.25, 0.3) is 0 Å². The number of fused-ring (bicyclic) bond motifs is 1. The second-order valence-electron chi connectivity index (χ2n) is 15.3. The fourth-order valence-corrected chi connectivity index (χ4v) is 8.97. The minimum absolute atomic E-state index is 0.0419. The summed E-state index contributed by atoms with van der Waals surface area (Å²) in [5.74, 6) is -1.39. The average Bonchev–Trinajstić information content (AvgIpc) is 3.46. The average molecular weight is 778 g/mol. The summed E-state index contributed by atoms with van der Waals surface area (Å²) < 4.78 is 6.10. The van der Waals surface area contributed by atoms with Crippen LogP contribution in [0.15, 0.2) is 60.7 Å². The fraction of sp³-hybridized carbons (Fsp3) is 0.429. The van der Waals surface area contributed by atoms with Crippen LogP contribution in [0.1, 0.15) is 88.0 Å². The number of rotatable bonds is 8. The minimum Gasteiger partial charge on any atom is -0.490 e. The van der Waals surface area contributed by atoms with Crippen molar-refractivity contribution >= 4 is 52.5 Å². The maximum atomic E-state index is 13.3. The Bertz CT molecular complexity index is 2080. The summed E-state index contributed by atoms with van der Waals surface area (Å²) in [6.45, 7) is 5.35. The Morgan fingerprint density at radius 3 is 2.12 bits per heavy atom. The second kappa shape index (κ2) is 16.0. The summed E-state index contributed by atoms with van der Waals surface area (Å²) in [6, 6.07) is 20.0. The predicted molar refractivity (Wildman–Crippen MR) is 209 cm³/mol. The van der Waals surface area contributed by atoms with E-state index in [1.165, 1.54) is 0 Å². The van der Waals surface area contributed by atoms with Crippen LogP contribution in [0, 0.1) is 11.3 Å². The van der Waals surface area contributed by atoms with Crippen molar-refractivity contribution in [3.63, 3.8) is 0 Å². The maximum Gasteiger partial charge on any atom is 0.262 e. The van der Waals surface area contributed by atoms with Gasteiger partial charge in [0.05, 0.1) is 27.8 Å². The molecule has 3 aromatic carbocycles. The molecule has 1 atom stereocenters. The molecule has 0 aromatic heterocycles. The van der Waals surface area contributed by atoms with Gasteiger partial charge in [0.15, 0.2) is 0 Å². The van der Waals surface area contributed by atoms with Crippen LogP contribution in [-0.4, -0.2) is 103 Å². The zero-order chi connectivity index (χ0) is 38.9. The number of ether oxygens (including phenoxy) is 1. The highest BCUT2D eigenvalue weighted by molar-refractivity contribution is 6.31. The SMILES string of the molecule is N#Cc1ccc(OC2CCC(NC(=O)c3ccc(N4CCN(C5CCN(c6ccc7c(c6)C(=O)N(C6CCC(=O)NC6=O)C7=O)CC5)CC4)cc3)CC2)cc1Cl. The Balaban J connectivity index is 0.772. The van der Waals surface area contributed by atoms with Crippen LogP contribution < -0.4 is 25.2 Å². The molecular weight excluding hydrogens is 734 g/mol. The van der Waals surface area contributed by atoms with E-state index in [-0.39, 0.29) is 30.9 Å². The number of benzene rings is 3. The van der Waals surface area contributed by atoms with E-state index in [1.54, 1.807) is 30.3 Å². The lowest BCUT2D eigenvalue weighted by Crippen LogP contribution is -2.54. The molecule has 8 rings (SSSR count). The van der Waals surface area contributed by atoms with E-state index in [0.29, 0.717) is 39.1 Å². The summed E-state index contributed by atoms with van der Waals surface area (Å²) >= 11 is 6.15. The Kier molecular flexibility index (Phi) is 10.7. The van der Waals surface area contributed by atoms with Crippen molar-refractivity contribution < 1.29 is 28.7 Å². The number of piperazine rings is 1. The first-order chi connectivity index (χ1) is 27.1. The van der Waals surface area contributed by atoms with Gasteiger partial charge in [-0.15, -0.1) is 0 Å². The molecule has 13 nitrogen and oxygen atoms in total. The number of nitrogens with one attached hydrogen (secondary N) is 2. The molecule has 4 heterocycles. The summed E-state index contributed by atoms with van der Waals surface area (Å²) in [7, 11) is 0. The van der Waals surface area contributed by atoms with E-state index in [9.17, 15) is 24.0 Å². The van der Waals surface area contributed by atoms with Gasteiger partial charge in [0.1, 0.15) is 17.9 Å². The molecule has 1 aliphatic carbocycles. The fourth-order valence-electron chi connectivity index (χ4n) is 8.76. The Morgan fingerprint density at radius 1 is 0.768 bits per heavy atom. The van der Waals surface area contributed by atoms with Crippen LogP contribution in [0.2, 0.25) is 5.02 Å². The van der Waals surface area contributed by atoms with Crippen molar-refractivity contribution in [2.24, 2.45) is 0 Å². The summed E-state index contributed by atoms with van der Waals surface area (Å²) in [6.07, 6.45) is 5.53. The van der Waals surface area contributed by atoms with Gasteiger partial charge in [-0.2, -0.15) is 5.26 Å². The van der Waals surface area contributed by atoms with Crippen LogP contribution in [-0.2, 0) is 9.59 Å². The summed E-state index contributed by atoms with van der Waals surface area (Å²) in [5, 5.41) is 14.9. The molecule has 2 N–H and O–H groups in total. The largest absolute Gasteiger partial charge is 0.490 e. The van der Waals surface area contributed by atoms with Gasteiger partial charge in [0.2, 0.25) is 11.8 Å². The van der Waals surface area contributed by atoms with E-state index >= 15 is 0 Å². The highest BCUT2D eigenvalue weighted by Gasteiger charge is 2.45. The molecule has 14 heteroatoms. The number of amides is 5. The van der Waals surface area contributed by atoms with Crippen LogP contribution >= 0.6 is 11.6 Å². The van der Waals surface area contributed by atoms with Gasteiger partial charge >= 0.3 is 0 Å². The van der Waals surface area contributed by atoms with Gasteiger partial charge in [-0.25, -0.2) is 0 Å². The molecule has 5 amide bonds. The van der Waals surface area contributed by atoms with E-state index in [4.69, 9.17) is 21.6 Å². The van der Waals surface area contributed by atoms with Gasteiger partial charge in [0.25, 0.3) is 17.7 Å². The number of imide groups is 2. The molecule has 0 radical (unpaired) electrons. The summed E-state index contributed by atoms with van der Waals surface area (Å²) in [4.78, 5) is 71.8. The van der Waals surface area contributed by atoms with E-state index in [1.807, 2.05) is 30.3 Å². The lowest BCUT2D eigenvalue weighted by Gasteiger charge is -2.44. The molecule has 1 saturated carbocycles. The highest BCUT2D eigenvalue weighted by atomic mass is 35.5. The number of halogens is 1. The van der Waals surface area contributed by atoms with Gasteiger partial charge < -0.3 is 19.9 Å². The van der Waals surface area contributed by atoms with E-state index in [0.717, 1.165) is 94.1 Å². The zero-order valence-corrected chi connectivity index (χ0v) is 31.8. The van der Waals surface area contributed by atoms with Gasteiger partial charge in [-0.05, 0) is 99.5 Å². The van der Waals surface area contributed by atoms with Crippen molar-refractivity contribution in [1.82, 2.24) is 20.4 Å². The monoisotopic (exact) mass is 777 g/mol. The highest BCUT2D eigenvalue weighted by Crippen LogP contribution is 2.33. The first kappa shape index (κ1) is 37.5. The Hall–Kier alpha value is -5.45. The molecule has 3 aromatic rings. The van der Waals surface area contributed by atoms with Gasteiger partial charge in [-0.3, -0.25) is 39.1 Å². The number of nitrogens with zero attached hydrogens (tertiary/aromatic N) is 5. The molecule has 3 saturated heterocycles. The number of carbonyl (C=O) groups excluding carboxylic acids is 5. The third-order valence-electron chi connectivity index (χ3n) is 12.0. The molecule has 5 aliphatic rings. The first-order valence-electron chi connectivity index (χ1n) is 19.5. The quantitative estimate of drug-likeness (QED) is 0.312. The van der Waals surface area contributed by atoms with Crippen molar-refractivity contribution in [3.05, 3.63) is 87.9 Å². The lowest BCUT2D eigenvalue weighted by molar-refractivity contribution is -0.136. The molecule has 290 valence electrons. The van der Waals surface area contributed by atoms with Crippen LogP contribution in [0.4, 0.5) is 11.4 Å². The van der Waals surface area contributed by atoms with Crippen LogP contribution in [0.5, 0.6) is 5.75 Å². The van der Waals surface area contributed by atoms with E-state index < -0.39 is 29.7 Å². The lowest BCUT2D eigenvalue weighted by atomic mass is 9.92. The number of hydrogen-bond donors (Lipinski definition) is 2. The Labute approximate surface area is 330 Å². The normalized spacial score (nSPS) is 23.4. The van der Waals surface area contributed by atoms with E-state index in [2.05, 4.69) is 31.4 Å². The minimum atomic E-state index is -0.973. The van der Waals surface area contributed by atoms with Crippen molar-refractivity contribution in [2.45, 2.75) is 75.6 Å². The van der Waals surface area contributed by atoms with Crippen molar-refractivity contribution in [3.8, 4) is 11.8 Å². The maximum absolute atomic E-state index is 13.3. The molecule has 4 aliphatic heterocycles. The molecule has 1 unspecified atom stereocenters. The summed E-state index contributed by atoms with van der Waals surface area (Å²) in [5.41, 5.74) is 3.67. The third-order valence-corrected chi connectivity index (χ3v) is 12.3. The third kappa shape index (κ3) is 7.68.